The normalized spacial score (nSPS) is 21.3. The second-order valence-corrected chi connectivity index (χ2v) is 7.00. The van der Waals surface area contributed by atoms with Crippen molar-refractivity contribution < 1.29 is 14.2 Å². The van der Waals surface area contributed by atoms with E-state index in [0.717, 1.165) is 11.8 Å². The minimum Gasteiger partial charge on any atom is -0.392 e. The van der Waals surface area contributed by atoms with Crippen molar-refractivity contribution in [2.75, 3.05) is 18.0 Å². The van der Waals surface area contributed by atoms with Crippen LogP contribution in [0.3, 0.4) is 0 Å². The van der Waals surface area contributed by atoms with Crippen LogP contribution in [0.5, 0.6) is 0 Å². The summed E-state index contributed by atoms with van der Waals surface area (Å²) in [6, 6.07) is 2.93. The third-order valence-electron chi connectivity index (χ3n) is 3.57. The fraction of sp³-hybridized carbons (Fsp3) is 0.500. The molecule has 1 aromatic rings. The van der Waals surface area contributed by atoms with Gasteiger partial charge in [-0.05, 0) is 32.9 Å². The van der Waals surface area contributed by atoms with E-state index in [4.69, 9.17) is 15.6 Å². The maximum atomic E-state index is 14.7. The summed E-state index contributed by atoms with van der Waals surface area (Å²) < 4.78 is 20.4. The summed E-state index contributed by atoms with van der Waals surface area (Å²) in [7, 11) is 0. The second-order valence-electron chi connectivity index (χ2n) is 5.77. The van der Waals surface area contributed by atoms with Gasteiger partial charge in [0.25, 0.3) is 0 Å². The number of ether oxygens (including phenoxy) is 1. The Labute approximate surface area is 139 Å². The van der Waals surface area contributed by atoms with Gasteiger partial charge < -0.3 is 14.7 Å². The molecule has 2 atom stereocenters. The summed E-state index contributed by atoms with van der Waals surface area (Å²) in [6.07, 6.45) is -0.0300. The number of morpholine rings is 1. The molecule has 1 fully saturated rings. The standard InChI is InChI=1S/C16H22FN3O2S/c1-9-6-20(7-10(2)22-9)15-13(8-21)4-12(5-14(15)17)16(19)23-11(3)18/h4-5,9-10,18-19,21H,6-8H2,1-3H3. The fourth-order valence-electron chi connectivity index (χ4n) is 2.83. The summed E-state index contributed by atoms with van der Waals surface area (Å²) in [5, 5.41) is 25.4. The monoisotopic (exact) mass is 339 g/mol. The van der Waals surface area contributed by atoms with Crippen molar-refractivity contribution in [3.8, 4) is 0 Å². The summed E-state index contributed by atoms with van der Waals surface area (Å²) in [4.78, 5) is 1.89. The fourth-order valence-corrected chi connectivity index (χ4v) is 3.38. The minimum atomic E-state index is -0.458. The van der Waals surface area contributed by atoms with Gasteiger partial charge in [-0.25, -0.2) is 4.39 Å². The SMILES string of the molecule is CC(=N)SC(=N)c1cc(F)c(N2CC(C)OC(C)C2)c(CO)c1. The Morgan fingerprint density at radius 2 is 1.96 bits per heavy atom. The van der Waals surface area contributed by atoms with Gasteiger partial charge in [0.15, 0.2) is 0 Å². The smallest absolute Gasteiger partial charge is 0.147 e. The van der Waals surface area contributed by atoms with Gasteiger partial charge in [0.05, 0.1) is 29.5 Å². The zero-order valence-corrected chi connectivity index (χ0v) is 14.3. The van der Waals surface area contributed by atoms with E-state index in [0.29, 0.717) is 29.9 Å². The lowest BCUT2D eigenvalue weighted by Gasteiger charge is -2.38. The molecule has 23 heavy (non-hydrogen) atoms. The number of nitrogens with one attached hydrogen (secondary N) is 2. The van der Waals surface area contributed by atoms with Crippen molar-refractivity contribution in [1.29, 1.82) is 10.8 Å². The summed E-state index contributed by atoms with van der Waals surface area (Å²) in [6.45, 7) is 6.26. The molecule has 0 saturated carbocycles. The van der Waals surface area contributed by atoms with Crippen molar-refractivity contribution >= 4 is 27.5 Å². The van der Waals surface area contributed by atoms with E-state index in [-0.39, 0.29) is 28.9 Å². The molecule has 0 radical (unpaired) electrons. The third kappa shape index (κ3) is 4.31. The highest BCUT2D eigenvalue weighted by molar-refractivity contribution is 8.26. The van der Waals surface area contributed by atoms with Crippen LogP contribution in [-0.2, 0) is 11.3 Å². The Bertz CT molecular complexity index is 614. The predicted octanol–water partition coefficient (Wildman–Crippen LogP) is 2.99. The van der Waals surface area contributed by atoms with Crippen LogP contribution < -0.4 is 4.90 Å². The first kappa shape index (κ1) is 17.9. The van der Waals surface area contributed by atoms with Crippen molar-refractivity contribution in [2.24, 2.45) is 0 Å². The first-order chi connectivity index (χ1) is 10.8. The Morgan fingerprint density at radius 1 is 1.35 bits per heavy atom. The van der Waals surface area contributed by atoms with E-state index in [9.17, 15) is 9.50 Å². The van der Waals surface area contributed by atoms with Crippen LogP contribution >= 0.6 is 11.8 Å². The summed E-state index contributed by atoms with van der Waals surface area (Å²) in [5.41, 5.74) is 1.21. The average molecular weight is 339 g/mol. The molecule has 1 aliphatic heterocycles. The molecule has 2 rings (SSSR count). The minimum absolute atomic E-state index is 0.0150. The molecule has 3 N–H and O–H groups in total. The highest BCUT2D eigenvalue weighted by Gasteiger charge is 2.26. The molecule has 0 amide bonds. The van der Waals surface area contributed by atoms with Crippen LogP contribution in [-0.4, -0.2) is 40.5 Å². The number of benzene rings is 1. The number of hydrogen-bond acceptors (Lipinski definition) is 6. The zero-order chi connectivity index (χ0) is 17.1. The number of rotatable bonds is 3. The van der Waals surface area contributed by atoms with Crippen LogP contribution in [0.4, 0.5) is 10.1 Å². The summed E-state index contributed by atoms with van der Waals surface area (Å²) in [5.74, 6) is -0.458. The van der Waals surface area contributed by atoms with E-state index < -0.39 is 5.82 Å². The molecule has 7 heteroatoms. The lowest BCUT2D eigenvalue weighted by molar-refractivity contribution is -0.00550. The molecular weight excluding hydrogens is 317 g/mol. The highest BCUT2D eigenvalue weighted by Crippen LogP contribution is 2.30. The van der Waals surface area contributed by atoms with E-state index in [1.54, 1.807) is 13.0 Å². The Hall–Kier alpha value is -1.44. The van der Waals surface area contributed by atoms with Crippen LogP contribution in [0.15, 0.2) is 12.1 Å². The number of halogens is 1. The van der Waals surface area contributed by atoms with E-state index >= 15 is 0 Å². The molecule has 5 nitrogen and oxygen atoms in total. The second kappa shape index (κ2) is 7.42. The average Bonchev–Trinajstić information content (AvgIpc) is 2.44. The molecule has 1 heterocycles. The molecule has 0 aromatic heterocycles. The van der Waals surface area contributed by atoms with Gasteiger partial charge in [0.2, 0.25) is 0 Å². The number of aliphatic hydroxyl groups is 1. The van der Waals surface area contributed by atoms with Gasteiger partial charge in [-0.15, -0.1) is 0 Å². The topological polar surface area (TPSA) is 80.4 Å². The van der Waals surface area contributed by atoms with E-state index in [2.05, 4.69) is 0 Å². The Morgan fingerprint density at radius 3 is 2.48 bits per heavy atom. The molecule has 1 aromatic carbocycles. The van der Waals surface area contributed by atoms with Gasteiger partial charge >= 0.3 is 0 Å². The molecule has 126 valence electrons. The predicted molar refractivity (Wildman–Crippen MR) is 92.4 cm³/mol. The molecule has 1 aliphatic rings. The van der Waals surface area contributed by atoms with Crippen molar-refractivity contribution in [3.05, 3.63) is 29.1 Å². The summed E-state index contributed by atoms with van der Waals surface area (Å²) >= 11 is 0.962. The van der Waals surface area contributed by atoms with Gasteiger partial charge in [-0.3, -0.25) is 10.8 Å². The molecule has 0 spiro atoms. The van der Waals surface area contributed by atoms with Gasteiger partial charge in [-0.1, -0.05) is 11.8 Å². The number of anilines is 1. The Kier molecular flexibility index (Phi) is 5.78. The van der Waals surface area contributed by atoms with Crippen LogP contribution in [0, 0.1) is 16.6 Å². The van der Waals surface area contributed by atoms with E-state index in [1.807, 2.05) is 18.7 Å². The molecule has 0 bridgehead atoms. The van der Waals surface area contributed by atoms with E-state index in [1.165, 1.54) is 6.07 Å². The lowest BCUT2D eigenvalue weighted by atomic mass is 10.1. The maximum Gasteiger partial charge on any atom is 0.147 e. The van der Waals surface area contributed by atoms with Crippen molar-refractivity contribution in [1.82, 2.24) is 0 Å². The molecule has 2 unspecified atom stereocenters. The first-order valence-corrected chi connectivity index (χ1v) is 8.29. The van der Waals surface area contributed by atoms with Crippen LogP contribution in [0.25, 0.3) is 0 Å². The number of thioether (sulfide) groups is 1. The van der Waals surface area contributed by atoms with Gasteiger partial charge in [-0.2, -0.15) is 0 Å². The quantitative estimate of drug-likeness (QED) is 0.584. The van der Waals surface area contributed by atoms with Crippen LogP contribution in [0.1, 0.15) is 31.9 Å². The largest absolute Gasteiger partial charge is 0.392 e. The van der Waals surface area contributed by atoms with Gasteiger partial charge in [0.1, 0.15) is 10.9 Å². The number of aliphatic hydroxyl groups excluding tert-OH is 1. The Balaban J connectivity index is 2.37. The van der Waals surface area contributed by atoms with Crippen molar-refractivity contribution in [3.63, 3.8) is 0 Å². The first-order valence-electron chi connectivity index (χ1n) is 7.47. The highest BCUT2D eigenvalue weighted by atomic mass is 32.2. The third-order valence-corrected chi connectivity index (χ3v) is 4.31. The zero-order valence-electron chi connectivity index (χ0n) is 13.5. The van der Waals surface area contributed by atoms with Crippen LogP contribution in [0.2, 0.25) is 0 Å². The number of hydrogen-bond donors (Lipinski definition) is 3. The number of nitrogens with zero attached hydrogens (tertiary/aromatic N) is 1. The molecular formula is C16H22FN3O2S. The molecule has 1 saturated heterocycles. The lowest BCUT2D eigenvalue weighted by Crippen LogP contribution is -2.46. The van der Waals surface area contributed by atoms with Gasteiger partial charge in [0, 0.05) is 24.2 Å². The molecule has 0 aliphatic carbocycles. The maximum absolute atomic E-state index is 14.7. The van der Waals surface area contributed by atoms with Crippen molar-refractivity contribution in [2.45, 2.75) is 39.6 Å².